The highest BCUT2D eigenvalue weighted by Crippen LogP contribution is 2.25. The van der Waals surface area contributed by atoms with E-state index in [0.29, 0.717) is 24.5 Å². The van der Waals surface area contributed by atoms with Crippen LogP contribution in [-0.2, 0) is 0 Å². The minimum atomic E-state index is -0.206. The molecule has 118 valence electrons. The quantitative estimate of drug-likeness (QED) is 0.724. The molecule has 5 heteroatoms. The highest BCUT2D eigenvalue weighted by Gasteiger charge is 2.14. The van der Waals surface area contributed by atoms with Crippen molar-refractivity contribution in [3.63, 3.8) is 0 Å². The van der Waals surface area contributed by atoms with Gasteiger partial charge in [-0.05, 0) is 31.0 Å². The lowest BCUT2D eigenvalue weighted by Gasteiger charge is -2.22. The first-order chi connectivity index (χ1) is 10.1. The second-order valence-corrected chi connectivity index (χ2v) is 5.05. The van der Waals surface area contributed by atoms with E-state index in [9.17, 15) is 4.79 Å². The monoisotopic (exact) mass is 294 g/mol. The molecule has 0 spiro atoms. The van der Waals surface area contributed by atoms with E-state index < -0.39 is 0 Å². The van der Waals surface area contributed by atoms with Gasteiger partial charge in [-0.25, -0.2) is 4.79 Å². The maximum Gasteiger partial charge on any atom is 0.322 e. The van der Waals surface area contributed by atoms with Crippen LogP contribution in [0.3, 0.4) is 0 Å². The number of aryl methyl sites for hydroxylation is 1. The summed E-state index contributed by atoms with van der Waals surface area (Å²) in [7, 11) is 1.58. The first-order valence-electron chi connectivity index (χ1n) is 7.43. The molecule has 0 heterocycles. The van der Waals surface area contributed by atoms with Gasteiger partial charge >= 0.3 is 6.03 Å². The largest absolute Gasteiger partial charge is 0.495 e. The van der Waals surface area contributed by atoms with Crippen LogP contribution in [0.2, 0.25) is 0 Å². The highest BCUT2D eigenvalue weighted by atomic mass is 16.5. The van der Waals surface area contributed by atoms with Gasteiger partial charge in [0.15, 0.2) is 0 Å². The van der Waals surface area contributed by atoms with Crippen molar-refractivity contribution in [2.75, 3.05) is 32.1 Å². The fraction of sp³-hybridized carbons (Fsp3) is 0.562. The van der Waals surface area contributed by atoms with Crippen molar-refractivity contribution in [2.24, 2.45) is 0 Å². The van der Waals surface area contributed by atoms with Crippen LogP contribution >= 0.6 is 0 Å². The predicted molar refractivity (Wildman–Crippen MR) is 84.9 cm³/mol. The number of aliphatic hydroxyl groups excluding tert-OH is 1. The number of anilines is 1. The number of hydrogen-bond donors (Lipinski definition) is 2. The van der Waals surface area contributed by atoms with Gasteiger partial charge < -0.3 is 20.1 Å². The van der Waals surface area contributed by atoms with Gasteiger partial charge in [-0.1, -0.05) is 25.8 Å². The Hall–Kier alpha value is -1.75. The van der Waals surface area contributed by atoms with Crippen LogP contribution in [0.4, 0.5) is 10.5 Å². The summed E-state index contributed by atoms with van der Waals surface area (Å²) >= 11 is 0. The van der Waals surface area contributed by atoms with Crippen LogP contribution in [-0.4, -0.2) is 42.8 Å². The fourth-order valence-corrected chi connectivity index (χ4v) is 2.08. The van der Waals surface area contributed by atoms with E-state index in [0.717, 1.165) is 24.8 Å². The number of carbonyl (C=O) groups excluding carboxylic acids is 1. The zero-order valence-corrected chi connectivity index (χ0v) is 13.2. The molecule has 0 aliphatic rings. The third-order valence-corrected chi connectivity index (χ3v) is 3.29. The Labute approximate surface area is 126 Å². The van der Waals surface area contributed by atoms with Crippen LogP contribution in [0.15, 0.2) is 18.2 Å². The Bertz CT molecular complexity index is 449. The third kappa shape index (κ3) is 5.63. The molecule has 0 radical (unpaired) electrons. The number of urea groups is 1. The molecule has 1 aromatic carbocycles. The predicted octanol–water partition coefficient (Wildman–Crippen LogP) is 3.02. The molecule has 5 nitrogen and oxygen atoms in total. The van der Waals surface area contributed by atoms with E-state index in [-0.39, 0.29) is 12.6 Å². The number of benzene rings is 1. The molecule has 0 saturated carbocycles. The third-order valence-electron chi connectivity index (χ3n) is 3.29. The van der Waals surface area contributed by atoms with E-state index >= 15 is 0 Å². The molecule has 0 fully saturated rings. The van der Waals surface area contributed by atoms with E-state index in [1.54, 1.807) is 12.0 Å². The summed E-state index contributed by atoms with van der Waals surface area (Å²) in [5, 5.41) is 12.0. The minimum Gasteiger partial charge on any atom is -0.495 e. The summed E-state index contributed by atoms with van der Waals surface area (Å²) in [4.78, 5) is 13.9. The van der Waals surface area contributed by atoms with Gasteiger partial charge in [-0.15, -0.1) is 0 Å². The number of carbonyl (C=O) groups is 1. The van der Waals surface area contributed by atoms with Crippen molar-refractivity contribution in [3.05, 3.63) is 23.8 Å². The molecule has 1 aromatic rings. The van der Waals surface area contributed by atoms with Gasteiger partial charge in [0.2, 0.25) is 0 Å². The molecular formula is C16H26N2O3. The molecule has 0 aromatic heterocycles. The summed E-state index contributed by atoms with van der Waals surface area (Å²) in [5.41, 5.74) is 1.71. The molecule has 0 saturated heterocycles. The molecule has 0 unspecified atom stereocenters. The lowest BCUT2D eigenvalue weighted by molar-refractivity contribution is 0.187. The summed E-state index contributed by atoms with van der Waals surface area (Å²) in [6.45, 7) is 5.03. The van der Waals surface area contributed by atoms with Gasteiger partial charge in [0, 0.05) is 13.1 Å². The number of nitrogens with zero attached hydrogens (tertiary/aromatic N) is 1. The van der Waals surface area contributed by atoms with Crippen LogP contribution in [0, 0.1) is 6.92 Å². The van der Waals surface area contributed by atoms with Crippen molar-refractivity contribution in [3.8, 4) is 5.75 Å². The fourth-order valence-electron chi connectivity index (χ4n) is 2.08. The smallest absolute Gasteiger partial charge is 0.322 e. The molecule has 2 N–H and O–H groups in total. The zero-order valence-electron chi connectivity index (χ0n) is 13.2. The van der Waals surface area contributed by atoms with E-state index in [2.05, 4.69) is 12.2 Å². The maximum absolute atomic E-state index is 12.3. The van der Waals surface area contributed by atoms with Crippen molar-refractivity contribution in [2.45, 2.75) is 33.1 Å². The Morgan fingerprint density at radius 3 is 2.71 bits per heavy atom. The minimum absolute atomic E-state index is 0.0371. The number of hydrogen-bond acceptors (Lipinski definition) is 3. The van der Waals surface area contributed by atoms with Gasteiger partial charge in [0.25, 0.3) is 0 Å². The maximum atomic E-state index is 12.3. The molecule has 0 atom stereocenters. The molecular weight excluding hydrogens is 268 g/mol. The summed E-state index contributed by atoms with van der Waals surface area (Å²) in [6, 6.07) is 5.42. The topological polar surface area (TPSA) is 61.8 Å². The Kier molecular flexibility index (Phi) is 7.61. The highest BCUT2D eigenvalue weighted by molar-refractivity contribution is 5.91. The number of amides is 2. The molecule has 2 amide bonds. The number of rotatable bonds is 8. The number of methoxy groups -OCH3 is 1. The van der Waals surface area contributed by atoms with Gasteiger partial charge in [-0.2, -0.15) is 0 Å². The molecule has 0 aliphatic carbocycles. The number of unbranched alkanes of at least 4 members (excludes halogenated alkanes) is 2. The summed E-state index contributed by atoms with van der Waals surface area (Å²) in [6.07, 6.45) is 3.11. The van der Waals surface area contributed by atoms with Crippen LogP contribution in [0.1, 0.15) is 31.7 Å². The van der Waals surface area contributed by atoms with Crippen LogP contribution < -0.4 is 10.1 Å². The Balaban J connectivity index is 2.71. The normalized spacial score (nSPS) is 10.3. The summed E-state index contributed by atoms with van der Waals surface area (Å²) < 4.78 is 5.28. The van der Waals surface area contributed by atoms with Crippen molar-refractivity contribution in [1.29, 1.82) is 0 Å². The molecule has 0 bridgehead atoms. The number of aliphatic hydroxyl groups is 1. The zero-order chi connectivity index (χ0) is 15.7. The molecule has 21 heavy (non-hydrogen) atoms. The van der Waals surface area contributed by atoms with E-state index in [4.69, 9.17) is 9.84 Å². The standard InChI is InChI=1S/C16H26N2O3/c1-4-5-6-9-18(10-11-19)16(20)17-14-8-7-13(2)12-15(14)21-3/h7-8,12,19H,4-6,9-11H2,1-3H3,(H,17,20). The SMILES string of the molecule is CCCCCN(CCO)C(=O)Nc1ccc(C)cc1OC. The average molecular weight is 294 g/mol. The number of nitrogens with one attached hydrogen (secondary N) is 1. The van der Waals surface area contributed by atoms with E-state index in [1.165, 1.54) is 0 Å². The second-order valence-electron chi connectivity index (χ2n) is 5.05. The second kappa shape index (κ2) is 9.23. The Morgan fingerprint density at radius 1 is 1.33 bits per heavy atom. The van der Waals surface area contributed by atoms with Crippen LogP contribution in [0.25, 0.3) is 0 Å². The lowest BCUT2D eigenvalue weighted by Crippen LogP contribution is -2.37. The van der Waals surface area contributed by atoms with Crippen molar-refractivity contribution in [1.82, 2.24) is 4.90 Å². The van der Waals surface area contributed by atoms with Gasteiger partial charge in [-0.3, -0.25) is 0 Å². The van der Waals surface area contributed by atoms with Crippen LogP contribution in [0.5, 0.6) is 5.75 Å². The Morgan fingerprint density at radius 2 is 2.10 bits per heavy atom. The first kappa shape index (κ1) is 17.3. The van der Waals surface area contributed by atoms with Crippen molar-refractivity contribution >= 4 is 11.7 Å². The van der Waals surface area contributed by atoms with Gasteiger partial charge in [0.05, 0.1) is 19.4 Å². The average Bonchev–Trinajstić information content (AvgIpc) is 2.48. The van der Waals surface area contributed by atoms with Gasteiger partial charge in [0.1, 0.15) is 5.75 Å². The van der Waals surface area contributed by atoms with Crippen molar-refractivity contribution < 1.29 is 14.6 Å². The first-order valence-corrected chi connectivity index (χ1v) is 7.43. The molecule has 1 rings (SSSR count). The molecule has 0 aliphatic heterocycles. The number of ether oxygens (including phenoxy) is 1. The van der Waals surface area contributed by atoms with E-state index in [1.807, 2.05) is 25.1 Å². The lowest BCUT2D eigenvalue weighted by atomic mass is 10.2. The summed E-state index contributed by atoms with van der Waals surface area (Å²) in [5.74, 6) is 0.640.